The topological polar surface area (TPSA) is 12.0 Å². The molecule has 0 unspecified atom stereocenters. The maximum atomic E-state index is 5.52. The number of hydrogen-bond acceptors (Lipinski definition) is 1. The van der Waals surface area contributed by atoms with Gasteiger partial charge in [0, 0.05) is 6.04 Å². The molecule has 0 saturated heterocycles. The van der Waals surface area contributed by atoms with E-state index in [0.717, 1.165) is 6.04 Å². The minimum Gasteiger partial charge on any atom is -0.301 e. The van der Waals surface area contributed by atoms with E-state index >= 15 is 0 Å². The predicted octanol–water partition coefficient (Wildman–Crippen LogP) is 2.10. The Labute approximate surface area is 61.8 Å². The van der Waals surface area contributed by atoms with Gasteiger partial charge in [-0.3, -0.25) is 0 Å². The largest absolute Gasteiger partial charge is 0.301 e. The molecule has 0 aliphatic heterocycles. The Hall–Kier alpha value is 0.250. The summed E-state index contributed by atoms with van der Waals surface area (Å²) >= 11 is 5.52. The molecule has 0 spiro atoms. The molecule has 1 N–H and O–H groups in total. The monoisotopic (exact) mass is 147 g/mol. The quantitative estimate of drug-likeness (QED) is 0.466. The van der Waals surface area contributed by atoms with Crippen molar-refractivity contribution in [1.82, 2.24) is 5.32 Å². The van der Waals surface area contributed by atoms with Crippen molar-refractivity contribution in [1.29, 1.82) is 0 Å². The number of halogens is 1. The Bertz CT molecular complexity index is 66.6. The summed E-state index contributed by atoms with van der Waals surface area (Å²) in [6, 6.07) is 1.33. The van der Waals surface area contributed by atoms with E-state index in [0.29, 0.717) is 6.00 Å². The van der Waals surface area contributed by atoms with E-state index in [4.69, 9.17) is 11.6 Å². The molecule has 0 aromatic heterocycles. The first-order valence-electron chi connectivity index (χ1n) is 3.73. The average molecular weight is 148 g/mol. The lowest BCUT2D eigenvalue weighted by Crippen LogP contribution is -2.29. The predicted molar refractivity (Wildman–Crippen MR) is 40.7 cm³/mol. The first-order valence-corrected chi connectivity index (χ1v) is 4.26. The lowest BCUT2D eigenvalue weighted by molar-refractivity contribution is 0.390. The Kier molecular flexibility index (Phi) is 3.37. The SMILES string of the molecule is ClCNC1CCCCC1. The molecular weight excluding hydrogens is 134 g/mol. The summed E-state index contributed by atoms with van der Waals surface area (Å²) in [4.78, 5) is 0. The van der Waals surface area contributed by atoms with E-state index in [1.807, 2.05) is 0 Å². The molecule has 9 heavy (non-hydrogen) atoms. The summed E-state index contributed by atoms with van der Waals surface area (Å²) in [5, 5.41) is 3.25. The second-order valence-corrected chi connectivity index (χ2v) is 2.94. The molecule has 0 radical (unpaired) electrons. The van der Waals surface area contributed by atoms with Gasteiger partial charge in [-0.1, -0.05) is 19.3 Å². The molecule has 1 saturated carbocycles. The van der Waals surface area contributed by atoms with Crippen LogP contribution in [-0.4, -0.2) is 12.0 Å². The molecule has 0 bridgehead atoms. The molecular formula is C7H14ClN. The molecule has 2 heteroatoms. The fourth-order valence-electron chi connectivity index (χ4n) is 1.42. The van der Waals surface area contributed by atoms with Gasteiger partial charge in [0.25, 0.3) is 0 Å². The van der Waals surface area contributed by atoms with Gasteiger partial charge in [-0.2, -0.15) is 0 Å². The summed E-state index contributed by atoms with van der Waals surface area (Å²) in [7, 11) is 0. The second kappa shape index (κ2) is 4.13. The van der Waals surface area contributed by atoms with Crippen LogP contribution in [0.1, 0.15) is 32.1 Å². The lowest BCUT2D eigenvalue weighted by Gasteiger charge is -2.21. The zero-order chi connectivity index (χ0) is 6.53. The van der Waals surface area contributed by atoms with Crippen molar-refractivity contribution < 1.29 is 0 Å². The smallest absolute Gasteiger partial charge is 0.0715 e. The van der Waals surface area contributed by atoms with Gasteiger partial charge in [-0.15, -0.1) is 11.6 Å². The highest BCUT2D eigenvalue weighted by Gasteiger charge is 2.10. The molecule has 1 fully saturated rings. The van der Waals surface area contributed by atoms with Crippen molar-refractivity contribution in [3.05, 3.63) is 0 Å². The Balaban J connectivity index is 2.08. The van der Waals surface area contributed by atoms with Crippen LogP contribution < -0.4 is 5.32 Å². The van der Waals surface area contributed by atoms with Crippen molar-refractivity contribution in [3.8, 4) is 0 Å². The van der Waals surface area contributed by atoms with Crippen molar-refractivity contribution in [2.24, 2.45) is 0 Å². The maximum Gasteiger partial charge on any atom is 0.0715 e. The first kappa shape index (κ1) is 7.36. The third-order valence-corrected chi connectivity index (χ3v) is 2.13. The van der Waals surface area contributed by atoms with Crippen LogP contribution in [0.15, 0.2) is 0 Å². The van der Waals surface area contributed by atoms with Gasteiger partial charge in [0.15, 0.2) is 0 Å². The summed E-state index contributed by atoms with van der Waals surface area (Å²) in [5.74, 6) is 0. The summed E-state index contributed by atoms with van der Waals surface area (Å²) in [6.07, 6.45) is 6.84. The van der Waals surface area contributed by atoms with Gasteiger partial charge in [0.1, 0.15) is 0 Å². The van der Waals surface area contributed by atoms with Gasteiger partial charge < -0.3 is 5.32 Å². The van der Waals surface area contributed by atoms with E-state index in [9.17, 15) is 0 Å². The normalized spacial score (nSPS) is 22.3. The highest BCUT2D eigenvalue weighted by Crippen LogP contribution is 2.16. The Morgan fingerprint density at radius 1 is 1.22 bits per heavy atom. The minimum atomic E-state index is 0.616. The highest BCUT2D eigenvalue weighted by atomic mass is 35.5. The summed E-state index contributed by atoms with van der Waals surface area (Å²) in [5.41, 5.74) is 0. The fourth-order valence-corrected chi connectivity index (χ4v) is 1.63. The van der Waals surface area contributed by atoms with Crippen LogP contribution in [0, 0.1) is 0 Å². The molecule has 1 aliphatic rings. The molecule has 0 aromatic rings. The number of hydrogen-bond donors (Lipinski definition) is 1. The van der Waals surface area contributed by atoms with Crippen LogP contribution >= 0.6 is 11.6 Å². The van der Waals surface area contributed by atoms with Gasteiger partial charge >= 0.3 is 0 Å². The minimum absolute atomic E-state index is 0.616. The number of rotatable bonds is 2. The van der Waals surface area contributed by atoms with Crippen molar-refractivity contribution >= 4 is 11.6 Å². The van der Waals surface area contributed by atoms with Crippen molar-refractivity contribution in [2.45, 2.75) is 38.1 Å². The fraction of sp³-hybridized carbons (Fsp3) is 1.00. The van der Waals surface area contributed by atoms with E-state index in [-0.39, 0.29) is 0 Å². The third-order valence-electron chi connectivity index (χ3n) is 1.97. The van der Waals surface area contributed by atoms with Gasteiger partial charge in [-0.25, -0.2) is 0 Å². The molecule has 0 heterocycles. The van der Waals surface area contributed by atoms with Crippen LogP contribution in [0.25, 0.3) is 0 Å². The third kappa shape index (κ3) is 2.55. The Morgan fingerprint density at radius 2 is 1.89 bits per heavy atom. The second-order valence-electron chi connectivity index (χ2n) is 2.67. The van der Waals surface area contributed by atoms with E-state index in [2.05, 4.69) is 5.32 Å². The molecule has 1 aliphatic carbocycles. The zero-order valence-corrected chi connectivity index (χ0v) is 6.45. The maximum absolute atomic E-state index is 5.52. The van der Waals surface area contributed by atoms with Gasteiger partial charge in [0.05, 0.1) is 6.00 Å². The van der Waals surface area contributed by atoms with E-state index in [1.165, 1.54) is 32.1 Å². The van der Waals surface area contributed by atoms with E-state index in [1.54, 1.807) is 0 Å². The molecule has 0 aromatic carbocycles. The van der Waals surface area contributed by atoms with Crippen molar-refractivity contribution in [3.63, 3.8) is 0 Å². The van der Waals surface area contributed by atoms with Crippen LogP contribution in [0.2, 0.25) is 0 Å². The van der Waals surface area contributed by atoms with Crippen LogP contribution in [0.4, 0.5) is 0 Å². The number of nitrogens with one attached hydrogen (secondary N) is 1. The van der Waals surface area contributed by atoms with Crippen LogP contribution in [0.3, 0.4) is 0 Å². The first-order chi connectivity index (χ1) is 4.43. The summed E-state index contributed by atoms with van der Waals surface area (Å²) < 4.78 is 0. The highest BCUT2D eigenvalue weighted by molar-refractivity contribution is 6.17. The Morgan fingerprint density at radius 3 is 2.44 bits per heavy atom. The van der Waals surface area contributed by atoms with E-state index < -0.39 is 0 Å². The molecule has 1 rings (SSSR count). The molecule has 0 atom stereocenters. The molecule has 1 nitrogen and oxygen atoms in total. The molecule has 54 valence electrons. The zero-order valence-electron chi connectivity index (χ0n) is 5.70. The van der Waals surface area contributed by atoms with Gasteiger partial charge in [0.2, 0.25) is 0 Å². The molecule has 0 amide bonds. The van der Waals surface area contributed by atoms with Crippen LogP contribution in [0.5, 0.6) is 0 Å². The average Bonchev–Trinajstić information content (AvgIpc) is 1.91. The van der Waals surface area contributed by atoms with Crippen molar-refractivity contribution in [2.75, 3.05) is 6.00 Å². The van der Waals surface area contributed by atoms with Gasteiger partial charge in [-0.05, 0) is 12.8 Å². The number of alkyl halides is 1. The summed E-state index contributed by atoms with van der Waals surface area (Å²) in [6.45, 7) is 0. The standard InChI is InChI=1S/C7H14ClN/c8-6-9-7-4-2-1-3-5-7/h7,9H,1-6H2. The lowest BCUT2D eigenvalue weighted by atomic mass is 9.96. The van der Waals surface area contributed by atoms with Crippen LogP contribution in [-0.2, 0) is 0 Å².